The summed E-state index contributed by atoms with van der Waals surface area (Å²) in [6, 6.07) is 6.05. The minimum absolute atomic E-state index is 0.0515. The molecule has 1 unspecified atom stereocenters. The number of methoxy groups -OCH3 is 1. The maximum absolute atomic E-state index is 5.33. The van der Waals surface area contributed by atoms with Gasteiger partial charge in [0.1, 0.15) is 10.8 Å². The molecular weight excluding hydrogens is 348 g/mol. The Morgan fingerprint density at radius 2 is 2.05 bits per heavy atom. The first-order valence-corrected chi connectivity index (χ1v) is 8.50. The van der Waals surface area contributed by atoms with Crippen LogP contribution in [0.5, 0.6) is 5.75 Å². The van der Waals surface area contributed by atoms with Crippen LogP contribution in [0.3, 0.4) is 0 Å². The Hall–Kier alpha value is -0.910. The average molecular weight is 369 g/mol. The number of nitrogens with one attached hydrogen (secondary N) is 1. The molecule has 2 aromatic rings. The Bertz CT molecular complexity index is 619. The Morgan fingerprint density at radius 1 is 1.33 bits per heavy atom. The number of hydrogen-bond acceptors (Lipinski definition) is 4. The van der Waals surface area contributed by atoms with Gasteiger partial charge in [0.15, 0.2) is 0 Å². The summed E-state index contributed by atoms with van der Waals surface area (Å²) in [5.41, 5.74) is 2.33. The average Bonchev–Trinajstić information content (AvgIpc) is 2.91. The Morgan fingerprint density at radius 3 is 2.57 bits per heavy atom. The van der Waals surface area contributed by atoms with E-state index in [9.17, 15) is 0 Å². The van der Waals surface area contributed by atoms with Crippen LogP contribution in [-0.4, -0.2) is 19.1 Å². The summed E-state index contributed by atoms with van der Waals surface area (Å²) < 4.78 is 6.39. The van der Waals surface area contributed by atoms with Crippen molar-refractivity contribution in [3.63, 3.8) is 0 Å². The van der Waals surface area contributed by atoms with Gasteiger partial charge in [-0.1, -0.05) is 36.7 Å². The molecule has 1 aromatic heterocycles. The van der Waals surface area contributed by atoms with Crippen molar-refractivity contribution in [2.24, 2.45) is 0 Å². The number of aromatic nitrogens is 1. The number of benzene rings is 1. The minimum Gasteiger partial charge on any atom is -0.497 e. The number of hydrogen-bond donors (Lipinski definition) is 1. The molecule has 0 spiro atoms. The van der Waals surface area contributed by atoms with E-state index in [1.807, 2.05) is 25.2 Å². The molecule has 5 heteroatoms. The van der Waals surface area contributed by atoms with Crippen LogP contribution in [0.1, 0.15) is 43.1 Å². The second kappa shape index (κ2) is 6.46. The maximum Gasteiger partial charge on any atom is 0.119 e. The lowest BCUT2D eigenvalue weighted by atomic mass is 9.93. The SMILES string of the molecule is CNC(c1nc(C(C)(C)C)cs1)c1cc(OC)ccc1Br. The molecule has 0 fully saturated rings. The van der Waals surface area contributed by atoms with Crippen molar-refractivity contribution in [3.05, 3.63) is 44.3 Å². The Balaban J connectivity index is 2.42. The summed E-state index contributed by atoms with van der Waals surface area (Å²) in [6.45, 7) is 6.55. The van der Waals surface area contributed by atoms with Crippen LogP contribution in [0.15, 0.2) is 28.1 Å². The fourth-order valence-corrected chi connectivity index (χ4v) is 3.69. The molecule has 2 rings (SSSR count). The van der Waals surface area contributed by atoms with E-state index in [1.165, 1.54) is 0 Å². The van der Waals surface area contributed by atoms with Crippen molar-refractivity contribution in [3.8, 4) is 5.75 Å². The molecule has 0 saturated carbocycles. The zero-order valence-electron chi connectivity index (χ0n) is 13.0. The standard InChI is InChI=1S/C16H21BrN2OS/c1-16(2,3)13-9-21-15(19-13)14(18-4)11-8-10(20-5)6-7-12(11)17/h6-9,14,18H,1-5H3. The lowest BCUT2D eigenvalue weighted by Crippen LogP contribution is -2.19. The number of halogens is 1. The molecule has 1 N–H and O–H groups in total. The molecule has 0 aliphatic rings. The third-order valence-corrected chi connectivity index (χ3v) is 4.97. The maximum atomic E-state index is 5.33. The first-order valence-electron chi connectivity index (χ1n) is 6.83. The van der Waals surface area contributed by atoms with Crippen molar-refractivity contribution in [2.75, 3.05) is 14.2 Å². The predicted molar refractivity (Wildman–Crippen MR) is 92.4 cm³/mol. The summed E-state index contributed by atoms with van der Waals surface area (Å²) in [6.07, 6.45) is 0. The van der Waals surface area contributed by atoms with Gasteiger partial charge in [0, 0.05) is 15.3 Å². The van der Waals surface area contributed by atoms with Crippen LogP contribution in [0.2, 0.25) is 0 Å². The van der Waals surface area contributed by atoms with E-state index in [2.05, 4.69) is 47.4 Å². The fraction of sp³-hybridized carbons (Fsp3) is 0.438. The van der Waals surface area contributed by atoms with Crippen LogP contribution >= 0.6 is 27.3 Å². The molecule has 0 bridgehead atoms. The van der Waals surface area contributed by atoms with Crippen molar-refractivity contribution >= 4 is 27.3 Å². The van der Waals surface area contributed by atoms with E-state index in [1.54, 1.807) is 18.4 Å². The van der Waals surface area contributed by atoms with Gasteiger partial charge in [-0.15, -0.1) is 11.3 Å². The highest BCUT2D eigenvalue weighted by Gasteiger charge is 2.23. The minimum atomic E-state index is 0.0515. The van der Waals surface area contributed by atoms with Gasteiger partial charge in [0.2, 0.25) is 0 Å². The van der Waals surface area contributed by atoms with Gasteiger partial charge >= 0.3 is 0 Å². The number of nitrogens with zero attached hydrogens (tertiary/aromatic N) is 1. The molecule has 1 atom stereocenters. The zero-order chi connectivity index (χ0) is 15.6. The zero-order valence-corrected chi connectivity index (χ0v) is 15.4. The van der Waals surface area contributed by atoms with Gasteiger partial charge in [0.25, 0.3) is 0 Å². The number of thiazole rings is 1. The Kier molecular flexibility index (Phi) is 5.07. The van der Waals surface area contributed by atoms with Crippen LogP contribution in [0.4, 0.5) is 0 Å². The number of rotatable bonds is 4. The molecule has 1 aromatic carbocycles. The van der Waals surface area contributed by atoms with Crippen molar-refractivity contribution in [1.29, 1.82) is 0 Å². The molecular formula is C16H21BrN2OS. The van der Waals surface area contributed by atoms with Crippen LogP contribution in [0.25, 0.3) is 0 Å². The van der Waals surface area contributed by atoms with E-state index in [-0.39, 0.29) is 11.5 Å². The summed E-state index contributed by atoms with van der Waals surface area (Å²) >= 11 is 5.32. The van der Waals surface area contributed by atoms with E-state index < -0.39 is 0 Å². The van der Waals surface area contributed by atoms with E-state index in [4.69, 9.17) is 9.72 Å². The molecule has 21 heavy (non-hydrogen) atoms. The molecule has 0 radical (unpaired) electrons. The highest BCUT2D eigenvalue weighted by atomic mass is 79.9. The van der Waals surface area contributed by atoms with Crippen LogP contribution < -0.4 is 10.1 Å². The third kappa shape index (κ3) is 3.65. The van der Waals surface area contributed by atoms with Gasteiger partial charge in [-0.05, 0) is 30.8 Å². The smallest absolute Gasteiger partial charge is 0.119 e. The Labute approximate surface area is 138 Å². The van der Waals surface area contributed by atoms with Crippen molar-refractivity contribution in [2.45, 2.75) is 32.2 Å². The van der Waals surface area contributed by atoms with Crippen LogP contribution in [-0.2, 0) is 5.41 Å². The van der Waals surface area contributed by atoms with Crippen LogP contribution in [0, 0.1) is 0 Å². The molecule has 0 aliphatic carbocycles. The molecule has 1 heterocycles. The normalized spacial score (nSPS) is 13.2. The van der Waals surface area contributed by atoms with Gasteiger partial charge in [-0.3, -0.25) is 0 Å². The molecule has 0 amide bonds. The van der Waals surface area contributed by atoms with E-state index in [0.717, 1.165) is 26.5 Å². The molecule has 0 saturated heterocycles. The lowest BCUT2D eigenvalue weighted by molar-refractivity contribution is 0.413. The second-order valence-corrected chi connectivity index (χ2v) is 7.67. The first kappa shape index (κ1) is 16.5. The highest BCUT2D eigenvalue weighted by molar-refractivity contribution is 9.10. The lowest BCUT2D eigenvalue weighted by Gasteiger charge is -2.18. The van der Waals surface area contributed by atoms with Gasteiger partial charge < -0.3 is 10.1 Å². The van der Waals surface area contributed by atoms with Crippen molar-refractivity contribution < 1.29 is 4.74 Å². The number of ether oxygens (including phenoxy) is 1. The molecule has 114 valence electrons. The molecule has 0 aliphatic heterocycles. The largest absolute Gasteiger partial charge is 0.497 e. The highest BCUT2D eigenvalue weighted by Crippen LogP contribution is 2.34. The second-order valence-electron chi connectivity index (χ2n) is 5.93. The summed E-state index contributed by atoms with van der Waals surface area (Å²) in [5, 5.41) is 6.57. The monoisotopic (exact) mass is 368 g/mol. The first-order chi connectivity index (χ1) is 9.86. The quantitative estimate of drug-likeness (QED) is 0.861. The van der Waals surface area contributed by atoms with Gasteiger partial charge in [0.05, 0.1) is 18.8 Å². The summed E-state index contributed by atoms with van der Waals surface area (Å²) in [5.74, 6) is 0.848. The topological polar surface area (TPSA) is 34.2 Å². The third-order valence-electron chi connectivity index (χ3n) is 3.34. The van der Waals surface area contributed by atoms with Crippen molar-refractivity contribution in [1.82, 2.24) is 10.3 Å². The van der Waals surface area contributed by atoms with Gasteiger partial charge in [-0.2, -0.15) is 0 Å². The van der Waals surface area contributed by atoms with Gasteiger partial charge in [-0.25, -0.2) is 4.98 Å². The molecule has 3 nitrogen and oxygen atoms in total. The van der Waals surface area contributed by atoms with E-state index in [0.29, 0.717) is 0 Å². The van der Waals surface area contributed by atoms with E-state index >= 15 is 0 Å². The summed E-state index contributed by atoms with van der Waals surface area (Å²) in [7, 11) is 3.64. The summed E-state index contributed by atoms with van der Waals surface area (Å²) in [4.78, 5) is 4.82. The predicted octanol–water partition coefficient (Wildman–Crippen LogP) is 4.52. The fourth-order valence-electron chi connectivity index (χ4n) is 2.05.